The molecular formula is C9H7BrCl2O2. The maximum atomic E-state index is 10.5. The molecule has 0 aliphatic rings. The van der Waals surface area contributed by atoms with E-state index in [1.54, 1.807) is 12.1 Å². The summed E-state index contributed by atoms with van der Waals surface area (Å²) in [6, 6.07) is 3.29. The van der Waals surface area contributed by atoms with Crippen LogP contribution in [0, 0.1) is 0 Å². The topological polar surface area (TPSA) is 37.3 Å². The lowest BCUT2D eigenvalue weighted by Gasteiger charge is -2.06. The van der Waals surface area contributed by atoms with Crippen LogP contribution in [0.3, 0.4) is 0 Å². The average Bonchev–Trinajstić information content (AvgIpc) is 2.09. The zero-order valence-corrected chi connectivity index (χ0v) is 10.2. The second-order valence-corrected chi connectivity index (χ2v) is 4.12. The maximum Gasteiger partial charge on any atom is 0.307 e. The first-order valence-electron chi connectivity index (χ1n) is 3.79. The molecule has 0 saturated heterocycles. The Labute approximate surface area is 100.0 Å². The van der Waals surface area contributed by atoms with E-state index in [0.717, 1.165) is 5.56 Å². The average molecular weight is 298 g/mol. The van der Waals surface area contributed by atoms with Crippen molar-refractivity contribution in [2.75, 3.05) is 0 Å². The Kier molecular flexibility index (Phi) is 4.23. The molecule has 0 atom stereocenters. The van der Waals surface area contributed by atoms with E-state index in [2.05, 4.69) is 15.9 Å². The molecule has 0 aliphatic heterocycles. The van der Waals surface area contributed by atoms with E-state index >= 15 is 0 Å². The number of rotatable bonds is 3. The molecule has 0 unspecified atom stereocenters. The van der Waals surface area contributed by atoms with Crippen molar-refractivity contribution in [2.24, 2.45) is 0 Å². The number of carboxylic acid groups (broad SMARTS) is 1. The molecular weight excluding hydrogens is 291 g/mol. The van der Waals surface area contributed by atoms with Gasteiger partial charge in [0.1, 0.15) is 0 Å². The molecule has 2 nitrogen and oxygen atoms in total. The molecule has 0 radical (unpaired) electrons. The van der Waals surface area contributed by atoms with Gasteiger partial charge in [0.2, 0.25) is 0 Å². The number of carbonyl (C=O) groups is 1. The smallest absolute Gasteiger partial charge is 0.307 e. The van der Waals surface area contributed by atoms with Gasteiger partial charge in [0.15, 0.2) is 0 Å². The Balaban J connectivity index is 3.15. The van der Waals surface area contributed by atoms with Crippen molar-refractivity contribution in [3.05, 3.63) is 33.3 Å². The van der Waals surface area contributed by atoms with E-state index in [9.17, 15) is 4.79 Å². The van der Waals surface area contributed by atoms with Crippen LogP contribution in [0.4, 0.5) is 0 Å². The van der Waals surface area contributed by atoms with Crippen LogP contribution < -0.4 is 0 Å². The first-order valence-corrected chi connectivity index (χ1v) is 5.67. The summed E-state index contributed by atoms with van der Waals surface area (Å²) in [6.45, 7) is 0. The predicted octanol–water partition coefficient (Wildman–Crippen LogP) is 3.52. The third kappa shape index (κ3) is 2.87. The summed E-state index contributed by atoms with van der Waals surface area (Å²) in [5.41, 5.74) is 1.34. The summed E-state index contributed by atoms with van der Waals surface area (Å²) in [4.78, 5) is 10.5. The second-order valence-electron chi connectivity index (χ2n) is 2.74. The molecule has 0 aromatic heterocycles. The molecule has 0 spiro atoms. The van der Waals surface area contributed by atoms with Crippen LogP contribution in [0.5, 0.6) is 0 Å². The van der Waals surface area contributed by atoms with Gasteiger partial charge in [-0.1, -0.05) is 39.1 Å². The third-order valence-electron chi connectivity index (χ3n) is 1.67. The molecule has 76 valence electrons. The maximum absolute atomic E-state index is 10.5. The number of benzene rings is 1. The highest BCUT2D eigenvalue weighted by molar-refractivity contribution is 9.08. The van der Waals surface area contributed by atoms with Gasteiger partial charge in [-0.3, -0.25) is 4.79 Å². The number of halogens is 3. The van der Waals surface area contributed by atoms with Gasteiger partial charge in [0.05, 0.1) is 6.42 Å². The van der Waals surface area contributed by atoms with Crippen molar-refractivity contribution in [3.63, 3.8) is 0 Å². The van der Waals surface area contributed by atoms with Crippen LogP contribution >= 0.6 is 39.1 Å². The molecule has 1 rings (SSSR count). The Hall–Kier alpha value is -0.250. The van der Waals surface area contributed by atoms with Crippen LogP contribution in [0.15, 0.2) is 12.1 Å². The van der Waals surface area contributed by atoms with E-state index in [1.807, 2.05) is 0 Å². The molecule has 1 N–H and O–H groups in total. The standard InChI is InChI=1S/C9H7BrCl2O2/c10-4-6-2-7(11)1-5(9(6)12)3-8(13)14/h1-2H,3-4H2,(H,13,14). The molecule has 0 aliphatic carbocycles. The van der Waals surface area contributed by atoms with Gasteiger partial charge in [-0.2, -0.15) is 0 Å². The molecule has 1 aromatic carbocycles. The summed E-state index contributed by atoms with van der Waals surface area (Å²) in [5.74, 6) is -0.922. The lowest BCUT2D eigenvalue weighted by molar-refractivity contribution is -0.136. The number of aliphatic carboxylic acids is 1. The number of carboxylic acids is 1. The van der Waals surface area contributed by atoms with Crippen molar-refractivity contribution < 1.29 is 9.90 Å². The van der Waals surface area contributed by atoms with Crippen LogP contribution in [-0.4, -0.2) is 11.1 Å². The largest absolute Gasteiger partial charge is 0.481 e. The SMILES string of the molecule is O=C(O)Cc1cc(Cl)cc(CBr)c1Cl. The molecule has 0 bridgehead atoms. The first kappa shape index (κ1) is 11.8. The summed E-state index contributed by atoms with van der Waals surface area (Å²) < 4.78 is 0. The fourth-order valence-corrected chi connectivity index (χ4v) is 2.21. The van der Waals surface area contributed by atoms with Gasteiger partial charge in [-0.05, 0) is 23.3 Å². The number of alkyl halides is 1. The van der Waals surface area contributed by atoms with Crippen molar-refractivity contribution in [3.8, 4) is 0 Å². The minimum Gasteiger partial charge on any atom is -0.481 e. The Morgan fingerprint density at radius 2 is 1.93 bits per heavy atom. The lowest BCUT2D eigenvalue weighted by atomic mass is 10.1. The first-order chi connectivity index (χ1) is 6.54. The minimum atomic E-state index is -0.922. The Bertz CT molecular complexity index is 366. The van der Waals surface area contributed by atoms with E-state index in [-0.39, 0.29) is 6.42 Å². The lowest BCUT2D eigenvalue weighted by Crippen LogP contribution is -2.01. The molecule has 14 heavy (non-hydrogen) atoms. The predicted molar refractivity (Wildman–Crippen MR) is 60.4 cm³/mol. The summed E-state index contributed by atoms with van der Waals surface area (Å²) >= 11 is 15.0. The van der Waals surface area contributed by atoms with Crippen molar-refractivity contribution in [1.29, 1.82) is 0 Å². The van der Waals surface area contributed by atoms with E-state index in [0.29, 0.717) is 20.9 Å². The highest BCUT2D eigenvalue weighted by Gasteiger charge is 2.10. The van der Waals surface area contributed by atoms with E-state index in [1.165, 1.54) is 0 Å². The molecule has 0 amide bonds. The summed E-state index contributed by atoms with van der Waals surface area (Å²) in [6.07, 6.45) is -0.112. The van der Waals surface area contributed by atoms with Crippen molar-refractivity contribution >= 4 is 45.1 Å². The van der Waals surface area contributed by atoms with Gasteiger partial charge in [0.25, 0.3) is 0 Å². The fraction of sp³-hybridized carbons (Fsp3) is 0.222. The van der Waals surface area contributed by atoms with Crippen molar-refractivity contribution in [1.82, 2.24) is 0 Å². The molecule has 5 heteroatoms. The Morgan fingerprint density at radius 3 is 2.43 bits per heavy atom. The van der Waals surface area contributed by atoms with Gasteiger partial charge in [-0.15, -0.1) is 0 Å². The van der Waals surface area contributed by atoms with E-state index < -0.39 is 5.97 Å². The summed E-state index contributed by atoms with van der Waals surface area (Å²) in [5, 5.41) is 10.2. The van der Waals surface area contributed by atoms with Crippen molar-refractivity contribution in [2.45, 2.75) is 11.8 Å². The number of hydrogen-bond donors (Lipinski definition) is 1. The van der Waals surface area contributed by atoms with Gasteiger partial charge in [0, 0.05) is 15.4 Å². The van der Waals surface area contributed by atoms with Crippen LogP contribution in [0.2, 0.25) is 10.0 Å². The zero-order valence-electron chi connectivity index (χ0n) is 7.06. The molecule has 0 fully saturated rings. The monoisotopic (exact) mass is 296 g/mol. The fourth-order valence-electron chi connectivity index (χ4n) is 1.10. The molecule has 1 aromatic rings. The van der Waals surface area contributed by atoms with E-state index in [4.69, 9.17) is 28.3 Å². The van der Waals surface area contributed by atoms with Crippen LogP contribution in [0.25, 0.3) is 0 Å². The quantitative estimate of drug-likeness (QED) is 0.867. The van der Waals surface area contributed by atoms with Gasteiger partial charge >= 0.3 is 5.97 Å². The minimum absolute atomic E-state index is 0.112. The normalized spacial score (nSPS) is 10.2. The highest BCUT2D eigenvalue weighted by atomic mass is 79.9. The second kappa shape index (κ2) is 5.01. The highest BCUT2D eigenvalue weighted by Crippen LogP contribution is 2.27. The zero-order chi connectivity index (χ0) is 10.7. The molecule has 0 heterocycles. The Morgan fingerprint density at radius 1 is 1.36 bits per heavy atom. The summed E-state index contributed by atoms with van der Waals surface area (Å²) in [7, 11) is 0. The van der Waals surface area contributed by atoms with Gasteiger partial charge < -0.3 is 5.11 Å². The van der Waals surface area contributed by atoms with Crippen LogP contribution in [0.1, 0.15) is 11.1 Å². The number of hydrogen-bond acceptors (Lipinski definition) is 1. The van der Waals surface area contributed by atoms with Gasteiger partial charge in [-0.25, -0.2) is 0 Å². The third-order valence-corrected chi connectivity index (χ3v) is 2.98. The molecule has 0 saturated carbocycles. The van der Waals surface area contributed by atoms with Crippen LogP contribution in [-0.2, 0) is 16.5 Å².